The summed E-state index contributed by atoms with van der Waals surface area (Å²) in [5, 5.41) is 3.50. The molecular formula is C12H15N3O. The van der Waals surface area contributed by atoms with Crippen LogP contribution in [0.1, 0.15) is 19.3 Å². The summed E-state index contributed by atoms with van der Waals surface area (Å²) >= 11 is 0. The van der Waals surface area contributed by atoms with Crippen LogP contribution in [0.5, 0.6) is 0 Å². The van der Waals surface area contributed by atoms with Crippen LogP contribution in [0.4, 0.5) is 5.69 Å². The average molecular weight is 217 g/mol. The highest BCUT2D eigenvalue weighted by Gasteiger charge is 2.33. The van der Waals surface area contributed by atoms with Crippen LogP contribution < -0.4 is 10.2 Å². The number of amides is 1. The Morgan fingerprint density at radius 2 is 2.25 bits per heavy atom. The highest BCUT2D eigenvalue weighted by atomic mass is 16.2. The van der Waals surface area contributed by atoms with Gasteiger partial charge in [-0.15, -0.1) is 0 Å². The first-order valence-corrected chi connectivity index (χ1v) is 5.79. The van der Waals surface area contributed by atoms with Gasteiger partial charge in [0.2, 0.25) is 5.91 Å². The Morgan fingerprint density at radius 3 is 3.06 bits per heavy atom. The number of nitrogens with one attached hydrogen (secondary N) is 1. The van der Waals surface area contributed by atoms with E-state index < -0.39 is 0 Å². The first-order valence-electron chi connectivity index (χ1n) is 5.79. The van der Waals surface area contributed by atoms with Crippen molar-refractivity contribution in [3.63, 3.8) is 0 Å². The van der Waals surface area contributed by atoms with E-state index in [1.165, 1.54) is 6.42 Å². The monoisotopic (exact) mass is 217 g/mol. The second-order valence-corrected chi connectivity index (χ2v) is 4.56. The molecule has 1 aromatic heterocycles. The summed E-state index contributed by atoms with van der Waals surface area (Å²) in [6, 6.07) is 4.67. The molecule has 2 aliphatic heterocycles. The highest BCUT2D eigenvalue weighted by molar-refractivity contribution is 5.94. The number of aromatic nitrogens is 1. The average Bonchev–Trinajstić information content (AvgIpc) is 2.66. The van der Waals surface area contributed by atoms with Crippen molar-refractivity contribution < 1.29 is 4.79 Å². The molecule has 4 nitrogen and oxygen atoms in total. The number of pyridine rings is 1. The molecule has 3 rings (SSSR count). The molecule has 4 heteroatoms. The van der Waals surface area contributed by atoms with Gasteiger partial charge in [-0.1, -0.05) is 0 Å². The van der Waals surface area contributed by atoms with E-state index in [-0.39, 0.29) is 5.91 Å². The summed E-state index contributed by atoms with van der Waals surface area (Å²) in [6.45, 7) is 0.779. The first kappa shape index (κ1) is 9.78. The number of carbonyl (C=O) groups excluding carboxylic acids is 1. The Balaban J connectivity index is 1.87. The largest absolute Gasteiger partial charge is 0.309 e. The molecular weight excluding hydrogens is 202 g/mol. The molecule has 0 aromatic carbocycles. The Bertz CT molecular complexity index is 393. The van der Waals surface area contributed by atoms with Gasteiger partial charge in [-0.3, -0.25) is 9.78 Å². The van der Waals surface area contributed by atoms with Crippen molar-refractivity contribution in [3.05, 3.63) is 24.5 Å². The summed E-state index contributed by atoms with van der Waals surface area (Å²) in [7, 11) is 0. The van der Waals surface area contributed by atoms with Crippen molar-refractivity contribution in [1.82, 2.24) is 10.3 Å². The van der Waals surface area contributed by atoms with E-state index in [2.05, 4.69) is 10.3 Å². The lowest BCUT2D eigenvalue weighted by Crippen LogP contribution is -2.37. The second-order valence-electron chi connectivity index (χ2n) is 4.56. The zero-order valence-corrected chi connectivity index (χ0v) is 9.10. The predicted octanol–water partition coefficient (Wildman–Crippen LogP) is 0.939. The minimum Gasteiger partial charge on any atom is -0.309 e. The Morgan fingerprint density at radius 1 is 1.38 bits per heavy atom. The number of rotatable bonds is 1. The van der Waals surface area contributed by atoms with Gasteiger partial charge in [-0.2, -0.15) is 0 Å². The topological polar surface area (TPSA) is 45.2 Å². The summed E-state index contributed by atoms with van der Waals surface area (Å²) < 4.78 is 0. The van der Waals surface area contributed by atoms with Crippen LogP contribution in [-0.2, 0) is 4.79 Å². The molecule has 2 aliphatic rings. The van der Waals surface area contributed by atoms with Crippen molar-refractivity contribution in [2.75, 3.05) is 11.4 Å². The van der Waals surface area contributed by atoms with Crippen molar-refractivity contribution in [2.45, 2.75) is 31.3 Å². The van der Waals surface area contributed by atoms with E-state index in [0.29, 0.717) is 18.5 Å². The summed E-state index contributed by atoms with van der Waals surface area (Å²) in [6.07, 6.45) is 6.42. The third kappa shape index (κ3) is 1.69. The molecule has 0 spiro atoms. The van der Waals surface area contributed by atoms with Crippen molar-refractivity contribution in [2.24, 2.45) is 0 Å². The Kier molecular flexibility index (Phi) is 2.36. The van der Waals surface area contributed by atoms with Crippen molar-refractivity contribution >= 4 is 11.6 Å². The van der Waals surface area contributed by atoms with E-state index in [0.717, 1.165) is 18.7 Å². The fraction of sp³-hybridized carbons (Fsp3) is 0.500. The van der Waals surface area contributed by atoms with E-state index in [4.69, 9.17) is 0 Å². The summed E-state index contributed by atoms with van der Waals surface area (Å²) in [5.74, 6) is 0.215. The number of hydrogen-bond donors (Lipinski definition) is 1. The summed E-state index contributed by atoms with van der Waals surface area (Å²) in [4.78, 5) is 18.0. The molecule has 2 atom stereocenters. The molecule has 0 aliphatic carbocycles. The minimum absolute atomic E-state index is 0.215. The third-order valence-electron chi connectivity index (χ3n) is 3.42. The van der Waals surface area contributed by atoms with Gasteiger partial charge in [0.05, 0.1) is 11.9 Å². The summed E-state index contributed by atoms with van der Waals surface area (Å²) in [5.41, 5.74) is 0.918. The van der Waals surface area contributed by atoms with Crippen LogP contribution in [0.3, 0.4) is 0 Å². The molecule has 0 unspecified atom stereocenters. The van der Waals surface area contributed by atoms with E-state index >= 15 is 0 Å². The lowest BCUT2D eigenvalue weighted by molar-refractivity contribution is -0.118. The van der Waals surface area contributed by atoms with Gasteiger partial charge in [-0.05, 0) is 25.0 Å². The quantitative estimate of drug-likeness (QED) is 0.761. The third-order valence-corrected chi connectivity index (χ3v) is 3.42. The zero-order chi connectivity index (χ0) is 11.0. The molecule has 0 radical (unpaired) electrons. The minimum atomic E-state index is 0.215. The molecule has 0 saturated carbocycles. The fourth-order valence-electron chi connectivity index (χ4n) is 2.61. The maximum atomic E-state index is 12.1. The van der Waals surface area contributed by atoms with E-state index in [1.807, 2.05) is 17.0 Å². The predicted molar refractivity (Wildman–Crippen MR) is 61.2 cm³/mol. The molecule has 2 fully saturated rings. The van der Waals surface area contributed by atoms with Crippen molar-refractivity contribution in [3.8, 4) is 0 Å². The molecule has 2 saturated heterocycles. The smallest absolute Gasteiger partial charge is 0.228 e. The van der Waals surface area contributed by atoms with Gasteiger partial charge in [-0.25, -0.2) is 0 Å². The molecule has 1 amide bonds. The Hall–Kier alpha value is -1.42. The van der Waals surface area contributed by atoms with Crippen LogP contribution in [0.15, 0.2) is 24.5 Å². The maximum absolute atomic E-state index is 12.1. The molecule has 1 N–H and O–H groups in total. The van der Waals surface area contributed by atoms with Gasteiger partial charge >= 0.3 is 0 Å². The lowest BCUT2D eigenvalue weighted by Gasteiger charge is -2.23. The fourth-order valence-corrected chi connectivity index (χ4v) is 2.61. The molecule has 2 bridgehead atoms. The van der Waals surface area contributed by atoms with Gasteiger partial charge in [0.25, 0.3) is 0 Å². The second kappa shape index (κ2) is 3.87. The molecule has 3 heterocycles. The number of carbonyl (C=O) groups is 1. The van der Waals surface area contributed by atoms with Crippen LogP contribution in [-0.4, -0.2) is 29.5 Å². The number of nitrogens with zero attached hydrogens (tertiary/aromatic N) is 2. The van der Waals surface area contributed by atoms with E-state index in [1.54, 1.807) is 12.4 Å². The van der Waals surface area contributed by atoms with Gasteiger partial charge in [0, 0.05) is 31.2 Å². The molecule has 1 aromatic rings. The SMILES string of the molecule is O=C1C[C@H]2CC[C@@H](CN1c1cccnc1)N2. The Labute approximate surface area is 94.7 Å². The normalized spacial score (nSPS) is 29.2. The van der Waals surface area contributed by atoms with Gasteiger partial charge in [0.15, 0.2) is 0 Å². The molecule has 16 heavy (non-hydrogen) atoms. The first-order chi connectivity index (χ1) is 7.83. The van der Waals surface area contributed by atoms with Gasteiger partial charge < -0.3 is 10.2 Å². The number of fused-ring (bicyclic) bond motifs is 2. The zero-order valence-electron chi connectivity index (χ0n) is 9.10. The molecule has 84 valence electrons. The number of hydrogen-bond acceptors (Lipinski definition) is 3. The van der Waals surface area contributed by atoms with Gasteiger partial charge in [0.1, 0.15) is 0 Å². The van der Waals surface area contributed by atoms with E-state index in [9.17, 15) is 4.79 Å². The maximum Gasteiger partial charge on any atom is 0.228 e. The lowest BCUT2D eigenvalue weighted by atomic mass is 10.1. The van der Waals surface area contributed by atoms with Crippen LogP contribution >= 0.6 is 0 Å². The highest BCUT2D eigenvalue weighted by Crippen LogP contribution is 2.24. The van der Waals surface area contributed by atoms with Crippen LogP contribution in [0, 0.1) is 0 Å². The van der Waals surface area contributed by atoms with Crippen molar-refractivity contribution in [1.29, 1.82) is 0 Å². The van der Waals surface area contributed by atoms with Crippen LogP contribution in [0.25, 0.3) is 0 Å². The van der Waals surface area contributed by atoms with Crippen LogP contribution in [0.2, 0.25) is 0 Å². The number of anilines is 1. The standard InChI is InChI=1S/C12H15N3O/c16-12-6-9-3-4-10(14-9)8-15(12)11-2-1-5-13-7-11/h1-2,5,7,9-10,14H,3-4,6,8H2/t9-,10+/m1/s1.